The molecule has 3 aromatic rings. The van der Waals surface area contributed by atoms with Gasteiger partial charge in [0.1, 0.15) is 5.75 Å². The van der Waals surface area contributed by atoms with Crippen LogP contribution in [0.3, 0.4) is 0 Å². The van der Waals surface area contributed by atoms with Crippen molar-refractivity contribution >= 4 is 32.6 Å². The minimum atomic E-state index is -0.0158. The summed E-state index contributed by atoms with van der Waals surface area (Å²) in [4.78, 5) is 16.5. The number of anilines is 1. The van der Waals surface area contributed by atoms with E-state index < -0.39 is 0 Å². The summed E-state index contributed by atoms with van der Waals surface area (Å²) in [5.74, 6) is 0.809. The van der Waals surface area contributed by atoms with Crippen molar-refractivity contribution in [2.24, 2.45) is 0 Å². The van der Waals surface area contributed by atoms with Crippen molar-refractivity contribution in [3.05, 3.63) is 54.1 Å². The van der Waals surface area contributed by atoms with E-state index in [-0.39, 0.29) is 5.91 Å². The molecular weight excluding hydrogens is 308 g/mol. The van der Waals surface area contributed by atoms with E-state index in [9.17, 15) is 4.79 Å². The Labute approximate surface area is 139 Å². The van der Waals surface area contributed by atoms with Gasteiger partial charge in [0.2, 0.25) is 5.91 Å². The van der Waals surface area contributed by atoms with E-state index in [1.54, 1.807) is 0 Å². The first kappa shape index (κ1) is 15.5. The fourth-order valence-corrected chi connectivity index (χ4v) is 3.21. The van der Waals surface area contributed by atoms with Crippen molar-refractivity contribution < 1.29 is 9.53 Å². The zero-order valence-electron chi connectivity index (χ0n) is 12.9. The highest BCUT2D eigenvalue weighted by Gasteiger charge is 2.09. The lowest BCUT2D eigenvalue weighted by atomic mass is 10.1. The molecular formula is C18H18N2O2S. The number of ether oxygens (including phenoxy) is 1. The number of nitrogens with one attached hydrogen (secondary N) is 1. The van der Waals surface area contributed by atoms with Gasteiger partial charge in [-0.15, -0.1) is 0 Å². The zero-order valence-corrected chi connectivity index (χ0v) is 13.7. The second kappa shape index (κ2) is 7.24. The van der Waals surface area contributed by atoms with Gasteiger partial charge in [0, 0.05) is 6.42 Å². The number of fused-ring (bicyclic) bond motifs is 1. The Bertz CT molecular complexity index is 799. The van der Waals surface area contributed by atoms with E-state index in [4.69, 9.17) is 4.74 Å². The third-order valence-corrected chi connectivity index (χ3v) is 4.33. The molecule has 1 aromatic heterocycles. The number of rotatable bonds is 6. The van der Waals surface area contributed by atoms with Crippen LogP contribution in [-0.2, 0) is 11.2 Å². The highest BCUT2D eigenvalue weighted by atomic mass is 32.1. The van der Waals surface area contributed by atoms with Crippen LogP contribution in [0.1, 0.15) is 18.9 Å². The number of hydrogen-bond donors (Lipinski definition) is 1. The lowest BCUT2D eigenvalue weighted by Gasteiger charge is -2.01. The first-order valence-electron chi connectivity index (χ1n) is 7.62. The Hall–Kier alpha value is -2.40. The van der Waals surface area contributed by atoms with Gasteiger partial charge >= 0.3 is 0 Å². The lowest BCUT2D eigenvalue weighted by molar-refractivity contribution is -0.116. The highest BCUT2D eigenvalue weighted by Crippen LogP contribution is 2.29. The van der Waals surface area contributed by atoms with Crippen LogP contribution in [0, 0.1) is 0 Å². The van der Waals surface area contributed by atoms with Crippen molar-refractivity contribution in [1.29, 1.82) is 0 Å². The predicted molar refractivity (Wildman–Crippen MR) is 94.2 cm³/mol. The van der Waals surface area contributed by atoms with Crippen molar-refractivity contribution in [3.63, 3.8) is 0 Å². The Morgan fingerprint density at radius 1 is 1.22 bits per heavy atom. The van der Waals surface area contributed by atoms with Crippen LogP contribution >= 0.6 is 11.3 Å². The average molecular weight is 326 g/mol. The molecule has 5 heteroatoms. The SMILES string of the molecule is CCOc1ccc2nc(NC(=O)CCc3ccccc3)sc2c1. The van der Waals surface area contributed by atoms with Gasteiger partial charge in [0.05, 0.1) is 16.8 Å². The molecule has 0 spiro atoms. The lowest BCUT2D eigenvalue weighted by Crippen LogP contribution is -2.11. The first-order valence-corrected chi connectivity index (χ1v) is 8.43. The van der Waals surface area contributed by atoms with E-state index in [0.29, 0.717) is 18.2 Å². The number of carbonyl (C=O) groups excluding carboxylic acids is 1. The molecule has 118 valence electrons. The molecule has 0 radical (unpaired) electrons. The number of aryl methyl sites for hydroxylation is 1. The van der Waals surface area contributed by atoms with E-state index in [1.807, 2.05) is 55.5 Å². The molecule has 0 saturated heterocycles. The van der Waals surface area contributed by atoms with Gasteiger partial charge in [0.15, 0.2) is 5.13 Å². The minimum absolute atomic E-state index is 0.0158. The third kappa shape index (κ3) is 4.07. The van der Waals surface area contributed by atoms with Crippen molar-refractivity contribution in [2.75, 3.05) is 11.9 Å². The van der Waals surface area contributed by atoms with Crippen LogP contribution < -0.4 is 10.1 Å². The summed E-state index contributed by atoms with van der Waals surface area (Å²) >= 11 is 1.46. The molecule has 1 N–H and O–H groups in total. The maximum absolute atomic E-state index is 12.1. The van der Waals surface area contributed by atoms with Gasteiger partial charge in [-0.2, -0.15) is 0 Å². The maximum Gasteiger partial charge on any atom is 0.226 e. The zero-order chi connectivity index (χ0) is 16.1. The van der Waals surface area contributed by atoms with Gasteiger partial charge in [-0.05, 0) is 37.1 Å². The predicted octanol–water partition coefficient (Wildman–Crippen LogP) is 4.27. The fraction of sp³-hybridized carbons (Fsp3) is 0.222. The van der Waals surface area contributed by atoms with Crippen molar-refractivity contribution in [1.82, 2.24) is 4.98 Å². The molecule has 0 saturated carbocycles. The summed E-state index contributed by atoms with van der Waals surface area (Å²) in [6.07, 6.45) is 1.18. The number of thiazole rings is 1. The summed E-state index contributed by atoms with van der Waals surface area (Å²) in [5.41, 5.74) is 2.03. The molecule has 0 unspecified atom stereocenters. The molecule has 2 aromatic carbocycles. The molecule has 0 fully saturated rings. The average Bonchev–Trinajstić information content (AvgIpc) is 2.95. The minimum Gasteiger partial charge on any atom is -0.494 e. The number of aromatic nitrogens is 1. The first-order chi connectivity index (χ1) is 11.2. The van der Waals surface area contributed by atoms with Gasteiger partial charge in [-0.3, -0.25) is 4.79 Å². The fourth-order valence-electron chi connectivity index (χ4n) is 2.30. The second-order valence-electron chi connectivity index (χ2n) is 5.12. The van der Waals surface area contributed by atoms with Crippen LogP contribution in [0.4, 0.5) is 5.13 Å². The molecule has 23 heavy (non-hydrogen) atoms. The summed E-state index contributed by atoms with van der Waals surface area (Å²) in [7, 11) is 0. The summed E-state index contributed by atoms with van der Waals surface area (Å²) in [6, 6.07) is 15.8. The van der Waals surface area contributed by atoms with Crippen LogP contribution in [0.15, 0.2) is 48.5 Å². The Morgan fingerprint density at radius 3 is 2.83 bits per heavy atom. The quantitative estimate of drug-likeness (QED) is 0.736. The molecule has 0 atom stereocenters. The Morgan fingerprint density at radius 2 is 2.04 bits per heavy atom. The topological polar surface area (TPSA) is 51.2 Å². The summed E-state index contributed by atoms with van der Waals surface area (Å²) in [5, 5.41) is 3.51. The van der Waals surface area contributed by atoms with E-state index in [0.717, 1.165) is 28.0 Å². The maximum atomic E-state index is 12.1. The molecule has 4 nitrogen and oxygen atoms in total. The van der Waals surface area contributed by atoms with Crippen LogP contribution in [-0.4, -0.2) is 17.5 Å². The van der Waals surface area contributed by atoms with Crippen LogP contribution in [0.2, 0.25) is 0 Å². The molecule has 0 aliphatic carbocycles. The molecule has 3 rings (SSSR count). The second-order valence-corrected chi connectivity index (χ2v) is 6.15. The number of hydrogen-bond acceptors (Lipinski definition) is 4. The number of carbonyl (C=O) groups is 1. The number of amides is 1. The van der Waals surface area contributed by atoms with Gasteiger partial charge < -0.3 is 10.1 Å². The summed E-state index contributed by atoms with van der Waals surface area (Å²) < 4.78 is 6.49. The Kier molecular flexibility index (Phi) is 4.88. The molecule has 0 aliphatic heterocycles. The van der Waals surface area contributed by atoms with Gasteiger partial charge in [-0.1, -0.05) is 41.7 Å². The molecule has 1 heterocycles. The summed E-state index contributed by atoms with van der Waals surface area (Å²) in [6.45, 7) is 2.59. The molecule has 0 aliphatic rings. The van der Waals surface area contributed by atoms with Crippen molar-refractivity contribution in [2.45, 2.75) is 19.8 Å². The Balaban J connectivity index is 1.63. The molecule has 0 bridgehead atoms. The smallest absolute Gasteiger partial charge is 0.226 e. The monoisotopic (exact) mass is 326 g/mol. The van der Waals surface area contributed by atoms with Crippen molar-refractivity contribution in [3.8, 4) is 5.75 Å². The highest BCUT2D eigenvalue weighted by molar-refractivity contribution is 7.22. The van der Waals surface area contributed by atoms with Crippen LogP contribution in [0.5, 0.6) is 5.75 Å². The molecule has 1 amide bonds. The van der Waals surface area contributed by atoms with E-state index in [1.165, 1.54) is 11.3 Å². The van der Waals surface area contributed by atoms with Gasteiger partial charge in [0.25, 0.3) is 0 Å². The van der Waals surface area contributed by atoms with Crippen LogP contribution in [0.25, 0.3) is 10.2 Å². The standard InChI is InChI=1S/C18H18N2O2S/c1-2-22-14-9-10-15-16(12-14)23-18(19-15)20-17(21)11-8-13-6-4-3-5-7-13/h3-7,9-10,12H,2,8,11H2,1H3,(H,19,20,21). The normalized spacial score (nSPS) is 10.7. The third-order valence-electron chi connectivity index (χ3n) is 3.40. The number of benzene rings is 2. The van der Waals surface area contributed by atoms with E-state index >= 15 is 0 Å². The largest absolute Gasteiger partial charge is 0.494 e. The van der Waals surface area contributed by atoms with E-state index in [2.05, 4.69) is 10.3 Å². The van der Waals surface area contributed by atoms with Gasteiger partial charge in [-0.25, -0.2) is 4.98 Å². The number of nitrogens with zero attached hydrogens (tertiary/aromatic N) is 1.